The van der Waals surface area contributed by atoms with Gasteiger partial charge in [0.15, 0.2) is 0 Å². The molecule has 4 rings (SSSR count). The lowest BCUT2D eigenvalue weighted by Crippen LogP contribution is -2.58. The van der Waals surface area contributed by atoms with Crippen LogP contribution in [0.4, 0.5) is 31.1 Å². The lowest BCUT2D eigenvalue weighted by atomic mass is 10.1. The van der Waals surface area contributed by atoms with Gasteiger partial charge in [-0.25, -0.2) is 46.0 Å². The van der Waals surface area contributed by atoms with Crippen LogP contribution in [0.1, 0.15) is 32.0 Å². The highest BCUT2D eigenvalue weighted by molar-refractivity contribution is 7.89. The third-order valence-corrected chi connectivity index (χ3v) is 10.6. The number of sulfonamides is 2. The van der Waals surface area contributed by atoms with Crippen molar-refractivity contribution < 1.29 is 87.3 Å². The van der Waals surface area contributed by atoms with Crippen molar-refractivity contribution in [1.82, 2.24) is 24.0 Å². The fourth-order valence-corrected chi connectivity index (χ4v) is 6.98. The van der Waals surface area contributed by atoms with Crippen molar-refractivity contribution in [2.75, 3.05) is 39.0 Å². The molecule has 0 bridgehead atoms. The number of piperazine rings is 1. The lowest BCUT2D eigenvalue weighted by Gasteiger charge is -2.37. The quantitative estimate of drug-likeness (QED) is 0.111. The number of carbonyl (C=O) groups excluding carboxylic acids is 2. The number of carboxylic acids is 2. The minimum atomic E-state index is -5.08. The maximum Gasteiger partial charge on any atom is 0.490 e. The second-order valence-electron chi connectivity index (χ2n) is 13.3. The first-order valence-corrected chi connectivity index (χ1v) is 20.0. The smallest absolute Gasteiger partial charge is 0.489 e. The number of hydrogen-bond donors (Lipinski definition) is 5. The number of para-hydroxylation sites is 1. The van der Waals surface area contributed by atoms with E-state index in [1.807, 2.05) is 24.3 Å². The summed E-state index contributed by atoms with van der Waals surface area (Å²) in [6.45, 7) is 7.55. The van der Waals surface area contributed by atoms with Crippen LogP contribution in [-0.4, -0.2) is 133 Å². The van der Waals surface area contributed by atoms with Gasteiger partial charge in [0.2, 0.25) is 20.0 Å². The molecule has 0 aliphatic carbocycles. The Morgan fingerprint density at radius 2 is 1.32 bits per heavy atom. The van der Waals surface area contributed by atoms with Crippen LogP contribution in [0, 0.1) is 6.92 Å². The molecule has 0 unspecified atom stereocenters. The van der Waals surface area contributed by atoms with Crippen LogP contribution >= 0.6 is 0 Å². The predicted molar refractivity (Wildman–Crippen MR) is 193 cm³/mol. The van der Waals surface area contributed by atoms with Gasteiger partial charge < -0.3 is 19.7 Å². The van der Waals surface area contributed by atoms with Crippen LogP contribution in [0.2, 0.25) is 0 Å². The summed E-state index contributed by atoms with van der Waals surface area (Å²) in [6, 6.07) is 12.1. The summed E-state index contributed by atoms with van der Waals surface area (Å²) >= 11 is 0. The SMILES string of the molecule is Cc1c(COc2ccc(S(=O)(=O)NC[C@@H](C(=O)NO)N3CCN(S(C)(=O)=O)CC3)cc2)c2ccccc2n1C(=O)OC(C)(C)C.O=C(O)C(F)(F)F.O=C(O)C(F)(F)F. The molecule has 3 aromatic rings. The van der Waals surface area contributed by atoms with Gasteiger partial charge in [-0.05, 0) is 58.0 Å². The van der Waals surface area contributed by atoms with Crippen LogP contribution < -0.4 is 14.9 Å². The molecule has 26 heteroatoms. The highest BCUT2D eigenvalue weighted by Crippen LogP contribution is 2.29. The van der Waals surface area contributed by atoms with Gasteiger partial charge in [0, 0.05) is 49.4 Å². The molecule has 1 atom stereocenters. The summed E-state index contributed by atoms with van der Waals surface area (Å²) in [6.07, 6.45) is -9.57. The molecule has 59 heavy (non-hydrogen) atoms. The third-order valence-electron chi connectivity index (χ3n) is 7.88. The summed E-state index contributed by atoms with van der Waals surface area (Å²) in [7, 11) is -7.47. The molecule has 1 fully saturated rings. The average Bonchev–Trinajstić information content (AvgIpc) is 3.40. The van der Waals surface area contributed by atoms with Crippen molar-refractivity contribution >= 4 is 54.9 Å². The number of halogens is 6. The number of carboxylic acid groups (broad SMARTS) is 2. The molecule has 0 radical (unpaired) electrons. The minimum Gasteiger partial charge on any atom is -0.489 e. The van der Waals surface area contributed by atoms with Crippen molar-refractivity contribution in [3.8, 4) is 5.75 Å². The second kappa shape index (κ2) is 19.8. The zero-order valence-corrected chi connectivity index (χ0v) is 33.4. The number of alkyl halides is 6. The largest absolute Gasteiger partial charge is 0.490 e. The number of hydroxylamine groups is 1. The van der Waals surface area contributed by atoms with Crippen LogP contribution in [0.5, 0.6) is 5.75 Å². The molecule has 330 valence electrons. The summed E-state index contributed by atoms with van der Waals surface area (Å²) in [5.74, 6) is -5.94. The first-order valence-electron chi connectivity index (χ1n) is 16.7. The van der Waals surface area contributed by atoms with E-state index in [-0.39, 0.29) is 44.2 Å². The van der Waals surface area contributed by atoms with Gasteiger partial charge in [0.1, 0.15) is 24.0 Å². The van der Waals surface area contributed by atoms with Crippen LogP contribution in [0.15, 0.2) is 53.4 Å². The molecule has 2 heterocycles. The molecule has 0 saturated carbocycles. The van der Waals surface area contributed by atoms with E-state index in [9.17, 15) is 58.0 Å². The van der Waals surface area contributed by atoms with Gasteiger partial charge in [-0.2, -0.15) is 30.6 Å². The average molecular weight is 894 g/mol. The van der Waals surface area contributed by atoms with Crippen molar-refractivity contribution in [3.63, 3.8) is 0 Å². The van der Waals surface area contributed by atoms with E-state index in [2.05, 4.69) is 4.72 Å². The highest BCUT2D eigenvalue weighted by atomic mass is 32.2. The maximum absolute atomic E-state index is 13.1. The molecular weight excluding hydrogens is 853 g/mol. The Kier molecular flexibility index (Phi) is 16.8. The molecule has 1 amide bonds. The fourth-order valence-electron chi connectivity index (χ4n) is 5.11. The molecule has 1 saturated heterocycles. The normalized spacial score (nSPS) is 14.8. The van der Waals surface area contributed by atoms with Crippen molar-refractivity contribution in [2.45, 2.75) is 63.2 Å². The van der Waals surface area contributed by atoms with Gasteiger partial charge in [0.05, 0.1) is 16.7 Å². The molecule has 18 nitrogen and oxygen atoms in total. The number of amides is 1. The number of hydrogen-bond acceptors (Lipinski definition) is 12. The Morgan fingerprint density at radius 1 is 0.831 bits per heavy atom. The third kappa shape index (κ3) is 14.9. The van der Waals surface area contributed by atoms with E-state index in [1.165, 1.54) is 33.1 Å². The van der Waals surface area contributed by atoms with E-state index >= 15 is 0 Å². The standard InChI is InChI=1S/C29H39N5O9S2.2C2HF3O2/c1-20-24(23-8-6-7-9-25(23)34(20)28(36)43-29(2,3)4)19-42-21-10-12-22(13-11-21)45(40,41)30-18-26(27(35)31-37)32-14-16-33(17-15-32)44(5,38)39;2*3-2(4,5)1(6)7/h6-13,26,30,37H,14-19H2,1-5H3,(H,31,35);2*(H,6,7)/t26-;;/m0../s1. The first kappa shape index (κ1) is 50.1. The number of nitrogens with one attached hydrogen (secondary N) is 2. The zero-order chi connectivity index (χ0) is 45.3. The van der Waals surface area contributed by atoms with Gasteiger partial charge >= 0.3 is 30.4 Å². The molecule has 2 aromatic carbocycles. The first-order chi connectivity index (χ1) is 26.9. The van der Waals surface area contributed by atoms with Crippen LogP contribution in [-0.2, 0) is 45.8 Å². The van der Waals surface area contributed by atoms with E-state index in [0.717, 1.165) is 17.2 Å². The summed E-state index contributed by atoms with van der Waals surface area (Å²) in [4.78, 5) is 44.7. The minimum absolute atomic E-state index is 0.0717. The Bertz CT molecular complexity index is 2160. The molecule has 1 aromatic heterocycles. The fraction of sp³-hybridized carbons (Fsp3) is 0.455. The highest BCUT2D eigenvalue weighted by Gasteiger charge is 2.39. The topological polar surface area (TPSA) is 251 Å². The number of nitrogens with zero attached hydrogens (tertiary/aromatic N) is 3. The van der Waals surface area contributed by atoms with E-state index in [4.69, 9.17) is 29.3 Å². The van der Waals surface area contributed by atoms with Gasteiger partial charge in [-0.1, -0.05) is 18.2 Å². The molecule has 0 spiro atoms. The Hall–Kier alpha value is -5.02. The van der Waals surface area contributed by atoms with Crippen molar-refractivity contribution in [1.29, 1.82) is 0 Å². The maximum atomic E-state index is 13.1. The van der Waals surface area contributed by atoms with Gasteiger partial charge in [-0.15, -0.1) is 0 Å². The number of benzene rings is 2. The summed E-state index contributed by atoms with van der Waals surface area (Å²) < 4.78 is 130. The monoisotopic (exact) mass is 893 g/mol. The molecule has 1 aliphatic rings. The molecule has 5 N–H and O–H groups in total. The van der Waals surface area contributed by atoms with E-state index in [1.54, 1.807) is 38.1 Å². The number of ether oxygens (including phenoxy) is 2. The zero-order valence-electron chi connectivity index (χ0n) is 31.8. The van der Waals surface area contributed by atoms with Crippen LogP contribution in [0.25, 0.3) is 10.9 Å². The number of fused-ring (bicyclic) bond motifs is 1. The number of aliphatic carboxylic acids is 2. The number of rotatable bonds is 10. The molecular formula is C33H41F6N5O13S2. The van der Waals surface area contributed by atoms with Crippen molar-refractivity contribution in [2.24, 2.45) is 0 Å². The Balaban J connectivity index is 0.000000732. The van der Waals surface area contributed by atoms with Crippen LogP contribution in [0.3, 0.4) is 0 Å². The summed E-state index contributed by atoms with van der Waals surface area (Å²) in [5, 5.41) is 24.3. The van der Waals surface area contributed by atoms with E-state index < -0.39 is 68.0 Å². The Morgan fingerprint density at radius 3 is 1.76 bits per heavy atom. The number of carbonyl (C=O) groups is 4. The predicted octanol–water partition coefficient (Wildman–Crippen LogP) is 3.31. The lowest BCUT2D eigenvalue weighted by molar-refractivity contribution is -0.193. The van der Waals surface area contributed by atoms with Gasteiger partial charge in [-0.3, -0.25) is 14.9 Å². The summed E-state index contributed by atoms with van der Waals surface area (Å²) in [5.41, 5.74) is 3.00. The molecule has 1 aliphatic heterocycles. The van der Waals surface area contributed by atoms with Crippen molar-refractivity contribution in [3.05, 3.63) is 59.8 Å². The van der Waals surface area contributed by atoms with Gasteiger partial charge in [0.25, 0.3) is 5.91 Å². The van der Waals surface area contributed by atoms with E-state index in [0.29, 0.717) is 17.0 Å². The Labute approximate surface area is 333 Å². The number of aromatic nitrogens is 1. The second-order valence-corrected chi connectivity index (χ2v) is 17.1.